The Kier molecular flexibility index (Phi) is 3.19. The van der Waals surface area contributed by atoms with Gasteiger partial charge in [0.15, 0.2) is 0 Å². The Labute approximate surface area is 99.8 Å². The van der Waals surface area contributed by atoms with Crippen molar-refractivity contribution in [2.45, 2.75) is 39.2 Å². The van der Waals surface area contributed by atoms with E-state index in [0.29, 0.717) is 24.1 Å². The van der Waals surface area contributed by atoms with Gasteiger partial charge in [0.2, 0.25) is 11.7 Å². The molecule has 0 amide bonds. The van der Waals surface area contributed by atoms with Gasteiger partial charge in [0.25, 0.3) is 0 Å². The van der Waals surface area contributed by atoms with Crippen LogP contribution < -0.4 is 0 Å². The van der Waals surface area contributed by atoms with E-state index in [1.165, 1.54) is 0 Å². The third-order valence-corrected chi connectivity index (χ3v) is 3.04. The molecule has 0 spiro atoms. The number of hydrogen-bond donors (Lipinski definition) is 1. The summed E-state index contributed by atoms with van der Waals surface area (Å²) in [6.07, 6.45) is 0.743. The minimum atomic E-state index is -1.07. The number of nitrogens with zero attached hydrogens (tertiary/aromatic N) is 1. The number of rotatable bonds is 3. The standard InChI is InChI=1S/C12H17NO4/c1-6(2)8-10(12(14)15)17-11(13-8)9-7(3)4-5-16-9/h6-7,9H,4-5H2,1-3H3,(H,14,15). The van der Waals surface area contributed by atoms with E-state index >= 15 is 0 Å². The summed E-state index contributed by atoms with van der Waals surface area (Å²) in [5.74, 6) is -0.391. The molecule has 0 aromatic carbocycles. The van der Waals surface area contributed by atoms with Crippen LogP contribution in [0.2, 0.25) is 0 Å². The van der Waals surface area contributed by atoms with Crippen molar-refractivity contribution in [2.24, 2.45) is 5.92 Å². The number of hydrogen-bond acceptors (Lipinski definition) is 4. The van der Waals surface area contributed by atoms with Crippen LogP contribution >= 0.6 is 0 Å². The predicted molar refractivity (Wildman–Crippen MR) is 60.0 cm³/mol. The topological polar surface area (TPSA) is 72.6 Å². The van der Waals surface area contributed by atoms with Crippen LogP contribution in [0.5, 0.6) is 0 Å². The van der Waals surface area contributed by atoms with Crippen molar-refractivity contribution in [2.75, 3.05) is 6.61 Å². The molecule has 1 aliphatic rings. The molecule has 0 saturated carbocycles. The number of oxazole rings is 1. The first-order valence-electron chi connectivity index (χ1n) is 5.86. The van der Waals surface area contributed by atoms with Crippen molar-refractivity contribution >= 4 is 5.97 Å². The Balaban J connectivity index is 2.36. The van der Waals surface area contributed by atoms with Crippen molar-refractivity contribution in [1.82, 2.24) is 4.98 Å². The summed E-state index contributed by atoms with van der Waals surface area (Å²) in [7, 11) is 0. The van der Waals surface area contributed by atoms with Crippen LogP contribution in [-0.2, 0) is 4.74 Å². The zero-order valence-corrected chi connectivity index (χ0v) is 10.3. The van der Waals surface area contributed by atoms with Gasteiger partial charge in [-0.2, -0.15) is 0 Å². The summed E-state index contributed by atoms with van der Waals surface area (Å²) < 4.78 is 10.9. The van der Waals surface area contributed by atoms with Gasteiger partial charge in [0.05, 0.1) is 5.69 Å². The Morgan fingerprint density at radius 1 is 1.53 bits per heavy atom. The van der Waals surface area contributed by atoms with Gasteiger partial charge in [0, 0.05) is 6.61 Å². The predicted octanol–water partition coefficient (Wildman–Crippen LogP) is 2.59. The second-order valence-electron chi connectivity index (χ2n) is 4.78. The molecule has 1 aromatic heterocycles. The number of carboxylic acids is 1. The number of carbonyl (C=O) groups is 1. The number of aromatic carboxylic acids is 1. The highest BCUT2D eigenvalue weighted by molar-refractivity contribution is 5.85. The first kappa shape index (κ1) is 12.1. The zero-order chi connectivity index (χ0) is 12.6. The maximum absolute atomic E-state index is 11.1. The third-order valence-electron chi connectivity index (χ3n) is 3.04. The van der Waals surface area contributed by atoms with E-state index in [2.05, 4.69) is 11.9 Å². The zero-order valence-electron chi connectivity index (χ0n) is 10.3. The lowest BCUT2D eigenvalue weighted by Crippen LogP contribution is -2.04. The van der Waals surface area contributed by atoms with Crippen LogP contribution in [0, 0.1) is 5.92 Å². The maximum atomic E-state index is 11.1. The monoisotopic (exact) mass is 239 g/mol. The van der Waals surface area contributed by atoms with E-state index in [1.54, 1.807) is 0 Å². The Morgan fingerprint density at radius 3 is 2.65 bits per heavy atom. The molecule has 1 aliphatic heterocycles. The van der Waals surface area contributed by atoms with Crippen LogP contribution in [0.15, 0.2) is 4.42 Å². The second-order valence-corrected chi connectivity index (χ2v) is 4.78. The number of aromatic nitrogens is 1. The minimum absolute atomic E-state index is 0.0234. The molecule has 5 heteroatoms. The summed E-state index contributed by atoms with van der Waals surface area (Å²) in [5, 5.41) is 9.06. The largest absolute Gasteiger partial charge is 0.475 e. The molecule has 2 atom stereocenters. The summed E-state index contributed by atoms with van der Waals surface area (Å²) >= 11 is 0. The fourth-order valence-electron chi connectivity index (χ4n) is 2.03. The fraction of sp³-hybridized carbons (Fsp3) is 0.667. The first-order valence-corrected chi connectivity index (χ1v) is 5.86. The lowest BCUT2D eigenvalue weighted by atomic mass is 10.0. The Morgan fingerprint density at radius 2 is 2.24 bits per heavy atom. The number of carboxylic acid groups (broad SMARTS) is 1. The van der Waals surface area contributed by atoms with Gasteiger partial charge < -0.3 is 14.3 Å². The summed E-state index contributed by atoms with van der Waals surface area (Å²) in [6, 6.07) is 0. The average Bonchev–Trinajstić information content (AvgIpc) is 2.82. The lowest BCUT2D eigenvalue weighted by molar-refractivity contribution is 0.0594. The van der Waals surface area contributed by atoms with E-state index in [0.717, 1.165) is 6.42 Å². The Bertz CT molecular complexity index is 424. The van der Waals surface area contributed by atoms with E-state index in [4.69, 9.17) is 14.3 Å². The molecule has 5 nitrogen and oxygen atoms in total. The van der Waals surface area contributed by atoms with Gasteiger partial charge in [-0.05, 0) is 18.3 Å². The highest BCUT2D eigenvalue weighted by Gasteiger charge is 2.33. The molecule has 0 aliphatic carbocycles. The van der Waals surface area contributed by atoms with E-state index in [9.17, 15) is 4.79 Å². The summed E-state index contributed by atoms with van der Waals surface area (Å²) in [6.45, 7) is 6.52. The van der Waals surface area contributed by atoms with Crippen molar-refractivity contribution in [1.29, 1.82) is 0 Å². The molecule has 1 aromatic rings. The smallest absolute Gasteiger partial charge is 0.373 e. The van der Waals surface area contributed by atoms with E-state index < -0.39 is 5.97 Å². The van der Waals surface area contributed by atoms with Crippen LogP contribution in [0.3, 0.4) is 0 Å². The quantitative estimate of drug-likeness (QED) is 0.877. The molecule has 1 fully saturated rings. The van der Waals surface area contributed by atoms with E-state index in [1.807, 2.05) is 13.8 Å². The Hall–Kier alpha value is -1.36. The first-order chi connectivity index (χ1) is 8.00. The lowest BCUT2D eigenvalue weighted by Gasteiger charge is -2.09. The highest BCUT2D eigenvalue weighted by atomic mass is 16.5. The summed E-state index contributed by atoms with van der Waals surface area (Å²) in [5.41, 5.74) is 0.496. The molecule has 0 bridgehead atoms. The maximum Gasteiger partial charge on any atom is 0.373 e. The average molecular weight is 239 g/mol. The van der Waals surface area contributed by atoms with Crippen LogP contribution in [-0.4, -0.2) is 22.7 Å². The number of ether oxygens (including phenoxy) is 1. The fourth-order valence-corrected chi connectivity index (χ4v) is 2.03. The molecular weight excluding hydrogens is 222 g/mol. The molecule has 1 N–H and O–H groups in total. The normalized spacial score (nSPS) is 24.5. The van der Waals surface area contributed by atoms with Crippen LogP contribution in [0.25, 0.3) is 0 Å². The molecule has 94 valence electrons. The molecule has 17 heavy (non-hydrogen) atoms. The van der Waals surface area contributed by atoms with Gasteiger partial charge in [-0.3, -0.25) is 0 Å². The van der Waals surface area contributed by atoms with Crippen LogP contribution in [0.4, 0.5) is 0 Å². The van der Waals surface area contributed by atoms with Gasteiger partial charge >= 0.3 is 5.97 Å². The molecule has 1 saturated heterocycles. The van der Waals surface area contributed by atoms with E-state index in [-0.39, 0.29) is 17.8 Å². The van der Waals surface area contributed by atoms with Crippen molar-refractivity contribution in [3.05, 3.63) is 17.3 Å². The van der Waals surface area contributed by atoms with Crippen molar-refractivity contribution in [3.63, 3.8) is 0 Å². The highest BCUT2D eigenvalue weighted by Crippen LogP contribution is 2.35. The van der Waals surface area contributed by atoms with Gasteiger partial charge in [0.1, 0.15) is 6.10 Å². The SMILES string of the molecule is CC(C)c1nc(C2OCCC2C)oc1C(=O)O. The molecule has 2 unspecified atom stereocenters. The molecule has 2 heterocycles. The molecule has 0 radical (unpaired) electrons. The third kappa shape index (κ3) is 2.20. The molecule has 2 rings (SSSR count). The molecular formula is C12H17NO4. The van der Waals surface area contributed by atoms with Crippen molar-refractivity contribution in [3.8, 4) is 0 Å². The minimum Gasteiger partial charge on any atom is -0.475 e. The van der Waals surface area contributed by atoms with Crippen LogP contribution in [0.1, 0.15) is 61.4 Å². The van der Waals surface area contributed by atoms with Gasteiger partial charge in [-0.1, -0.05) is 20.8 Å². The summed E-state index contributed by atoms with van der Waals surface area (Å²) in [4.78, 5) is 15.4. The van der Waals surface area contributed by atoms with Gasteiger partial charge in [-0.15, -0.1) is 0 Å². The van der Waals surface area contributed by atoms with Crippen molar-refractivity contribution < 1.29 is 19.1 Å². The second kappa shape index (κ2) is 4.49. The van der Waals surface area contributed by atoms with Gasteiger partial charge in [-0.25, -0.2) is 9.78 Å².